The Kier molecular flexibility index (Phi) is 14.2. The molecule has 1 aromatic carbocycles. The highest BCUT2D eigenvalue weighted by Gasteiger charge is 2.07. The lowest BCUT2D eigenvalue weighted by Crippen LogP contribution is -2.04. The highest BCUT2D eigenvalue weighted by Crippen LogP contribution is 2.27. The van der Waals surface area contributed by atoms with Crippen LogP contribution in [-0.4, -0.2) is 35.4 Å². The van der Waals surface area contributed by atoms with Gasteiger partial charge in [-0.2, -0.15) is 0 Å². The Morgan fingerprint density at radius 1 is 0.767 bits per heavy atom. The molecule has 0 spiro atoms. The quantitative estimate of drug-likeness (QED) is 0.268. The molecule has 0 amide bonds. The first-order chi connectivity index (χ1) is 14.5. The number of carboxylic acids is 2. The molecule has 2 N–H and O–H groups in total. The first kappa shape index (κ1) is 25.8. The summed E-state index contributed by atoms with van der Waals surface area (Å²) in [5.41, 5.74) is 0. The zero-order valence-electron chi connectivity index (χ0n) is 18.3. The molecule has 0 aliphatic carbocycles. The summed E-state index contributed by atoms with van der Waals surface area (Å²) in [7, 11) is 0. The maximum Gasteiger partial charge on any atom is 0.303 e. The van der Waals surface area contributed by atoms with E-state index in [0.717, 1.165) is 31.4 Å². The Hall–Kier alpha value is -2.24. The Balaban J connectivity index is 2.05. The molecule has 170 valence electrons. The van der Waals surface area contributed by atoms with Gasteiger partial charge in [-0.15, -0.1) is 0 Å². The third-order valence-electron chi connectivity index (χ3n) is 5.01. The maximum absolute atomic E-state index is 10.6. The van der Waals surface area contributed by atoms with E-state index < -0.39 is 11.9 Å². The van der Waals surface area contributed by atoms with Gasteiger partial charge in [0, 0.05) is 12.8 Å². The number of benzene rings is 1. The lowest BCUT2D eigenvalue weighted by molar-refractivity contribution is -0.138. The van der Waals surface area contributed by atoms with Crippen molar-refractivity contribution in [2.45, 2.75) is 84.0 Å². The third-order valence-corrected chi connectivity index (χ3v) is 5.01. The van der Waals surface area contributed by atoms with Crippen LogP contribution in [0, 0.1) is 5.92 Å². The van der Waals surface area contributed by atoms with E-state index in [1.165, 1.54) is 25.7 Å². The van der Waals surface area contributed by atoms with Crippen LogP contribution in [0.4, 0.5) is 0 Å². The number of aliphatic carboxylic acids is 2. The normalized spacial score (nSPS) is 11.8. The van der Waals surface area contributed by atoms with Crippen molar-refractivity contribution in [3.63, 3.8) is 0 Å². The largest absolute Gasteiger partial charge is 0.490 e. The summed E-state index contributed by atoms with van der Waals surface area (Å²) in [6.45, 7) is 3.16. The second kappa shape index (κ2) is 16.5. The highest BCUT2D eigenvalue weighted by molar-refractivity contribution is 5.67. The monoisotopic (exact) mass is 422 g/mol. The van der Waals surface area contributed by atoms with E-state index in [9.17, 15) is 9.59 Å². The van der Waals surface area contributed by atoms with Gasteiger partial charge >= 0.3 is 11.9 Å². The molecule has 0 radical (unpaired) electrons. The first-order valence-electron chi connectivity index (χ1n) is 11.3. The number of unbranched alkanes of at least 4 members (excludes halogenated alkanes) is 7. The smallest absolute Gasteiger partial charge is 0.303 e. The van der Waals surface area contributed by atoms with E-state index in [4.69, 9.17) is 19.7 Å². The van der Waals surface area contributed by atoms with Gasteiger partial charge in [0.15, 0.2) is 11.5 Å². The number of ether oxygens (including phenoxy) is 2. The Morgan fingerprint density at radius 3 is 1.80 bits per heavy atom. The molecule has 0 aliphatic rings. The van der Waals surface area contributed by atoms with Crippen LogP contribution in [0.2, 0.25) is 0 Å². The molecule has 1 aromatic rings. The number of carboxylic acid groups (broad SMARTS) is 2. The number of para-hydroxylation sites is 2. The highest BCUT2D eigenvalue weighted by atomic mass is 16.5. The fraction of sp³-hybridized carbons (Fsp3) is 0.667. The van der Waals surface area contributed by atoms with Gasteiger partial charge in [0.05, 0.1) is 13.2 Å². The van der Waals surface area contributed by atoms with E-state index in [1.54, 1.807) is 0 Å². The first-order valence-corrected chi connectivity index (χ1v) is 11.3. The van der Waals surface area contributed by atoms with Crippen LogP contribution >= 0.6 is 0 Å². The Morgan fingerprint density at radius 2 is 1.27 bits per heavy atom. The van der Waals surface area contributed by atoms with E-state index >= 15 is 0 Å². The Labute approximate surface area is 180 Å². The second-order valence-electron chi connectivity index (χ2n) is 7.96. The molecule has 6 nitrogen and oxygen atoms in total. The maximum atomic E-state index is 10.6. The van der Waals surface area contributed by atoms with Crippen LogP contribution in [-0.2, 0) is 9.59 Å². The molecule has 0 saturated heterocycles. The number of hydrogen-bond donors (Lipinski definition) is 2. The molecule has 30 heavy (non-hydrogen) atoms. The minimum Gasteiger partial charge on any atom is -0.490 e. The predicted octanol–water partition coefficient (Wildman–Crippen LogP) is 5.93. The van der Waals surface area contributed by atoms with Crippen LogP contribution in [0.3, 0.4) is 0 Å². The van der Waals surface area contributed by atoms with Gasteiger partial charge in [0.25, 0.3) is 0 Å². The molecule has 0 heterocycles. The summed E-state index contributed by atoms with van der Waals surface area (Å²) < 4.78 is 11.6. The minimum absolute atomic E-state index is 0.172. The van der Waals surface area contributed by atoms with Crippen molar-refractivity contribution in [3.05, 3.63) is 24.3 Å². The average Bonchev–Trinajstić information content (AvgIpc) is 2.69. The standard InChI is InChI=1S/C24H38O6/c1-20(19-24(27)28)13-7-5-3-2-4-6-11-17-29-21-14-8-9-15-22(21)30-18-12-10-16-23(25)26/h8-9,14-15,20H,2-7,10-13,16-19H2,1H3,(H,25,26)(H,27,28). The number of hydrogen-bond acceptors (Lipinski definition) is 4. The van der Waals surface area contributed by atoms with Gasteiger partial charge < -0.3 is 19.7 Å². The van der Waals surface area contributed by atoms with Gasteiger partial charge in [-0.25, -0.2) is 0 Å². The average molecular weight is 423 g/mol. The zero-order valence-corrected chi connectivity index (χ0v) is 18.3. The lowest BCUT2D eigenvalue weighted by atomic mass is 9.99. The van der Waals surface area contributed by atoms with E-state index in [0.29, 0.717) is 31.8 Å². The summed E-state index contributed by atoms with van der Waals surface area (Å²) in [6.07, 6.45) is 10.8. The van der Waals surface area contributed by atoms with Crippen molar-refractivity contribution in [2.24, 2.45) is 5.92 Å². The third kappa shape index (κ3) is 13.9. The van der Waals surface area contributed by atoms with Gasteiger partial charge in [-0.3, -0.25) is 9.59 Å². The SMILES string of the molecule is CC(CCCCCCCCCOc1ccccc1OCCCCC(=O)O)CC(=O)O. The van der Waals surface area contributed by atoms with Crippen molar-refractivity contribution in [2.75, 3.05) is 13.2 Å². The van der Waals surface area contributed by atoms with Gasteiger partial charge in [-0.1, -0.05) is 64.0 Å². The molecule has 1 atom stereocenters. The summed E-state index contributed by atoms with van der Waals surface area (Å²) >= 11 is 0. The van der Waals surface area contributed by atoms with E-state index in [-0.39, 0.29) is 18.8 Å². The van der Waals surface area contributed by atoms with E-state index in [2.05, 4.69) is 0 Å². The lowest BCUT2D eigenvalue weighted by Gasteiger charge is -2.12. The summed E-state index contributed by atoms with van der Waals surface area (Å²) in [4.78, 5) is 21.2. The molecule has 0 bridgehead atoms. The van der Waals surface area contributed by atoms with Crippen LogP contribution in [0.1, 0.15) is 84.0 Å². The van der Waals surface area contributed by atoms with Gasteiger partial charge in [-0.05, 0) is 37.3 Å². The molecule has 1 unspecified atom stereocenters. The number of carbonyl (C=O) groups is 2. The molecule has 0 fully saturated rings. The van der Waals surface area contributed by atoms with E-state index in [1.807, 2.05) is 31.2 Å². The molecule has 1 rings (SSSR count). The predicted molar refractivity (Wildman–Crippen MR) is 117 cm³/mol. The van der Waals surface area contributed by atoms with Gasteiger partial charge in [0.1, 0.15) is 0 Å². The fourth-order valence-corrected chi connectivity index (χ4v) is 3.31. The minimum atomic E-state index is -0.774. The van der Waals surface area contributed by atoms with Crippen molar-refractivity contribution in [1.29, 1.82) is 0 Å². The fourth-order valence-electron chi connectivity index (χ4n) is 3.31. The molecule has 0 aromatic heterocycles. The second-order valence-corrected chi connectivity index (χ2v) is 7.96. The topological polar surface area (TPSA) is 93.1 Å². The van der Waals surface area contributed by atoms with Crippen molar-refractivity contribution in [3.8, 4) is 11.5 Å². The number of rotatable bonds is 19. The molecule has 0 saturated carbocycles. The molecular formula is C24H38O6. The molecule has 0 aliphatic heterocycles. The van der Waals surface area contributed by atoms with Crippen molar-refractivity contribution >= 4 is 11.9 Å². The molecular weight excluding hydrogens is 384 g/mol. The van der Waals surface area contributed by atoms with Crippen molar-refractivity contribution < 1.29 is 29.3 Å². The summed E-state index contributed by atoms with van der Waals surface area (Å²) in [6, 6.07) is 7.60. The summed E-state index contributed by atoms with van der Waals surface area (Å²) in [5, 5.41) is 17.4. The van der Waals surface area contributed by atoms with Crippen molar-refractivity contribution in [1.82, 2.24) is 0 Å². The zero-order chi connectivity index (χ0) is 22.0. The van der Waals surface area contributed by atoms with Gasteiger partial charge in [0.2, 0.25) is 0 Å². The van der Waals surface area contributed by atoms with Crippen LogP contribution in [0.5, 0.6) is 11.5 Å². The van der Waals surface area contributed by atoms with Crippen LogP contribution < -0.4 is 9.47 Å². The van der Waals surface area contributed by atoms with Crippen LogP contribution in [0.15, 0.2) is 24.3 Å². The molecule has 6 heteroatoms. The van der Waals surface area contributed by atoms with Crippen LogP contribution in [0.25, 0.3) is 0 Å². The Bertz CT molecular complexity index is 601. The summed E-state index contributed by atoms with van der Waals surface area (Å²) in [5.74, 6) is 0.256.